The molecule has 0 N–H and O–H groups in total. The third kappa shape index (κ3) is 4.61. The van der Waals surface area contributed by atoms with Gasteiger partial charge < -0.3 is 4.57 Å². The Balaban J connectivity index is 1.60. The van der Waals surface area contributed by atoms with Crippen molar-refractivity contribution in [2.75, 3.05) is 0 Å². The lowest BCUT2D eigenvalue weighted by Crippen LogP contribution is -2.15. The second-order valence-corrected chi connectivity index (χ2v) is 10.7. The molecular weight excluding hydrogens is 422 g/mol. The molecule has 0 unspecified atom stereocenters. The average molecular weight is 460 g/mol. The van der Waals surface area contributed by atoms with E-state index in [4.69, 9.17) is 0 Å². The van der Waals surface area contributed by atoms with Crippen molar-refractivity contribution in [3.63, 3.8) is 0 Å². The predicted molar refractivity (Wildman–Crippen MR) is 148 cm³/mol. The van der Waals surface area contributed by atoms with Crippen LogP contribution in [-0.4, -0.2) is 4.57 Å². The Bertz CT molecular complexity index is 1200. The van der Waals surface area contributed by atoms with Crippen molar-refractivity contribution in [3.05, 3.63) is 102 Å². The fourth-order valence-electron chi connectivity index (χ4n) is 6.63. The number of nitrogens with zero attached hydrogens (tertiary/aromatic N) is 1. The zero-order chi connectivity index (χ0) is 23.5. The molecule has 0 amide bonds. The third-order valence-electron chi connectivity index (χ3n) is 8.43. The number of hydrogen-bond acceptors (Lipinski definition) is 0. The largest absolute Gasteiger partial charge is 0.316 e. The van der Waals surface area contributed by atoms with Gasteiger partial charge in [-0.3, -0.25) is 0 Å². The van der Waals surface area contributed by atoms with Crippen LogP contribution in [0.3, 0.4) is 0 Å². The number of rotatable bonds is 5. The second kappa shape index (κ2) is 10.3. The number of hydrogen-bond donors (Lipinski definition) is 0. The van der Waals surface area contributed by atoms with E-state index in [1.807, 2.05) is 0 Å². The highest BCUT2D eigenvalue weighted by molar-refractivity contribution is 5.72. The van der Waals surface area contributed by atoms with Crippen LogP contribution in [0.25, 0.3) is 28.1 Å². The molecule has 6 rings (SSSR count). The van der Waals surface area contributed by atoms with Crippen LogP contribution < -0.4 is 0 Å². The summed E-state index contributed by atoms with van der Waals surface area (Å²) in [5.74, 6) is 1.30. The summed E-state index contributed by atoms with van der Waals surface area (Å²) in [7, 11) is 0. The summed E-state index contributed by atoms with van der Waals surface area (Å²) < 4.78 is 2.54. The minimum Gasteiger partial charge on any atom is -0.316 e. The molecule has 2 aliphatic carbocycles. The minimum atomic E-state index is 0.649. The van der Waals surface area contributed by atoms with Gasteiger partial charge in [-0.15, -0.1) is 0 Å². The van der Waals surface area contributed by atoms with Crippen LogP contribution in [0.2, 0.25) is 0 Å². The summed E-state index contributed by atoms with van der Waals surface area (Å²) in [6, 6.07) is 31.7. The fourth-order valence-corrected chi connectivity index (χ4v) is 6.63. The Morgan fingerprint density at radius 3 is 1.54 bits per heavy atom. The molecule has 0 saturated heterocycles. The third-order valence-corrected chi connectivity index (χ3v) is 8.43. The van der Waals surface area contributed by atoms with E-state index in [1.54, 1.807) is 11.1 Å². The van der Waals surface area contributed by atoms with Crippen molar-refractivity contribution in [1.29, 1.82) is 0 Å². The van der Waals surface area contributed by atoms with Crippen molar-refractivity contribution in [2.24, 2.45) is 0 Å². The van der Waals surface area contributed by atoms with E-state index < -0.39 is 0 Å². The molecule has 4 aromatic rings. The average Bonchev–Trinajstić information content (AvgIpc) is 3.44. The zero-order valence-corrected chi connectivity index (χ0v) is 20.8. The summed E-state index contributed by atoms with van der Waals surface area (Å²) >= 11 is 0. The molecule has 0 atom stereocenters. The lowest BCUT2D eigenvalue weighted by molar-refractivity contribution is 0.434. The van der Waals surface area contributed by atoms with Gasteiger partial charge in [0.25, 0.3) is 0 Å². The highest BCUT2D eigenvalue weighted by atomic mass is 15.0. The Morgan fingerprint density at radius 2 is 1.00 bits per heavy atom. The predicted octanol–water partition coefficient (Wildman–Crippen LogP) is 9.91. The molecule has 35 heavy (non-hydrogen) atoms. The van der Waals surface area contributed by atoms with Gasteiger partial charge in [0.05, 0.1) is 11.4 Å². The van der Waals surface area contributed by atoms with E-state index in [2.05, 4.69) is 95.7 Å². The highest BCUT2D eigenvalue weighted by Crippen LogP contribution is 2.45. The van der Waals surface area contributed by atoms with Crippen LogP contribution in [0.5, 0.6) is 0 Å². The van der Waals surface area contributed by atoms with Crippen LogP contribution >= 0.6 is 0 Å². The first kappa shape index (κ1) is 22.4. The molecule has 0 bridgehead atoms. The zero-order valence-electron chi connectivity index (χ0n) is 20.8. The Kier molecular flexibility index (Phi) is 6.58. The Labute approximate surface area is 210 Å². The van der Waals surface area contributed by atoms with Gasteiger partial charge in [0.15, 0.2) is 0 Å². The molecule has 3 aromatic carbocycles. The lowest BCUT2D eigenvalue weighted by Gasteiger charge is -2.32. The number of aromatic nitrogens is 1. The van der Waals surface area contributed by atoms with Gasteiger partial charge in [-0.1, -0.05) is 99.2 Å². The molecule has 2 aliphatic rings. The molecule has 2 fully saturated rings. The molecule has 0 radical (unpaired) electrons. The Morgan fingerprint density at radius 1 is 0.486 bits per heavy atom. The monoisotopic (exact) mass is 459 g/mol. The van der Waals surface area contributed by atoms with Gasteiger partial charge >= 0.3 is 0 Å². The first-order valence-corrected chi connectivity index (χ1v) is 13.8. The van der Waals surface area contributed by atoms with Crippen LogP contribution in [0, 0.1) is 0 Å². The molecule has 1 heteroatoms. The van der Waals surface area contributed by atoms with E-state index in [0.29, 0.717) is 11.8 Å². The number of benzene rings is 3. The smallest absolute Gasteiger partial charge is 0.0528 e. The molecule has 0 spiro atoms. The standard InChI is InChI=1S/C34H37N/c1-5-14-26(15-6-1)30-24-31(27-16-7-2-8-17-27)34(32(25-30)28-18-9-3-10-19-28)35-23-13-22-33(35)29-20-11-4-12-21-29/h1,4-6,11-15,20-25,27-28H,2-3,7-10,16-19H2. The topological polar surface area (TPSA) is 4.93 Å². The summed E-state index contributed by atoms with van der Waals surface area (Å²) in [5.41, 5.74) is 10.0. The van der Waals surface area contributed by atoms with E-state index in [9.17, 15) is 0 Å². The van der Waals surface area contributed by atoms with Crippen LogP contribution in [-0.2, 0) is 0 Å². The molecule has 0 aliphatic heterocycles. The first-order chi connectivity index (χ1) is 17.4. The van der Waals surface area contributed by atoms with Crippen molar-refractivity contribution in [3.8, 4) is 28.1 Å². The van der Waals surface area contributed by atoms with Crippen molar-refractivity contribution < 1.29 is 0 Å². The summed E-state index contributed by atoms with van der Waals surface area (Å²) in [6.45, 7) is 0. The second-order valence-electron chi connectivity index (χ2n) is 10.7. The molecule has 1 nitrogen and oxygen atoms in total. The van der Waals surface area contributed by atoms with Gasteiger partial charge in [0, 0.05) is 6.20 Å². The first-order valence-electron chi connectivity index (χ1n) is 13.8. The van der Waals surface area contributed by atoms with Gasteiger partial charge in [0.2, 0.25) is 0 Å². The maximum Gasteiger partial charge on any atom is 0.0528 e. The van der Waals surface area contributed by atoms with E-state index in [-0.39, 0.29) is 0 Å². The maximum absolute atomic E-state index is 2.56. The maximum atomic E-state index is 2.56. The van der Waals surface area contributed by atoms with E-state index in [1.165, 1.54) is 92.3 Å². The van der Waals surface area contributed by atoms with Gasteiger partial charge in [0.1, 0.15) is 0 Å². The molecule has 2 saturated carbocycles. The van der Waals surface area contributed by atoms with Crippen molar-refractivity contribution in [1.82, 2.24) is 4.57 Å². The van der Waals surface area contributed by atoms with Gasteiger partial charge in [-0.25, -0.2) is 0 Å². The molecule has 1 heterocycles. The summed E-state index contributed by atoms with van der Waals surface area (Å²) in [4.78, 5) is 0. The summed E-state index contributed by atoms with van der Waals surface area (Å²) in [6.07, 6.45) is 15.8. The fraction of sp³-hybridized carbons (Fsp3) is 0.353. The van der Waals surface area contributed by atoms with Crippen LogP contribution in [0.4, 0.5) is 0 Å². The highest BCUT2D eigenvalue weighted by Gasteiger charge is 2.27. The normalized spacial score (nSPS) is 17.5. The quantitative estimate of drug-likeness (QED) is 0.280. The van der Waals surface area contributed by atoms with Gasteiger partial charge in [-0.2, -0.15) is 0 Å². The minimum absolute atomic E-state index is 0.649. The molecule has 1 aromatic heterocycles. The summed E-state index contributed by atoms with van der Waals surface area (Å²) in [5, 5.41) is 0. The Hall–Kier alpha value is -3.06. The van der Waals surface area contributed by atoms with E-state index >= 15 is 0 Å². The lowest BCUT2D eigenvalue weighted by atomic mass is 9.77. The SMILES string of the molecule is c1ccc(-c2cc(C3CCCCC3)c(-n3cccc3-c3ccccc3)c(C3CCCCC3)c2)cc1. The van der Waals surface area contributed by atoms with Crippen molar-refractivity contribution in [2.45, 2.75) is 76.0 Å². The van der Waals surface area contributed by atoms with Crippen LogP contribution in [0.1, 0.15) is 87.2 Å². The molecule has 178 valence electrons. The van der Waals surface area contributed by atoms with Crippen LogP contribution in [0.15, 0.2) is 91.1 Å². The molecular formula is C34H37N. The van der Waals surface area contributed by atoms with Gasteiger partial charge in [-0.05, 0) is 89.6 Å². The van der Waals surface area contributed by atoms with Crippen molar-refractivity contribution >= 4 is 0 Å². The van der Waals surface area contributed by atoms with E-state index in [0.717, 1.165) is 0 Å².